The Morgan fingerprint density at radius 3 is 3.15 bits per heavy atom. The van der Waals surface area contributed by atoms with Crippen molar-refractivity contribution in [3.8, 4) is 0 Å². The number of aliphatic hydroxyl groups excluding tert-OH is 1. The van der Waals surface area contributed by atoms with E-state index in [9.17, 15) is 5.11 Å². The average Bonchev–Trinajstić information content (AvgIpc) is 3.00. The van der Waals surface area contributed by atoms with E-state index in [1.54, 1.807) is 11.3 Å². The van der Waals surface area contributed by atoms with E-state index in [1.165, 1.54) is 16.9 Å². The van der Waals surface area contributed by atoms with Gasteiger partial charge in [-0.05, 0) is 61.6 Å². The van der Waals surface area contributed by atoms with Crippen LogP contribution in [-0.4, -0.2) is 16.2 Å². The van der Waals surface area contributed by atoms with Crippen molar-refractivity contribution in [3.63, 3.8) is 0 Å². The van der Waals surface area contributed by atoms with Crippen LogP contribution in [0.4, 0.5) is 0 Å². The lowest BCUT2D eigenvalue weighted by molar-refractivity contribution is 0.121. The minimum absolute atomic E-state index is 0.239. The first kappa shape index (κ1) is 13.8. The Bertz CT molecular complexity index is 538. The van der Waals surface area contributed by atoms with Crippen molar-refractivity contribution >= 4 is 11.3 Å². The van der Waals surface area contributed by atoms with Crippen LogP contribution >= 0.6 is 11.3 Å². The number of nitrogens with zero attached hydrogens (tertiary/aromatic N) is 1. The third kappa shape index (κ3) is 3.10. The van der Waals surface area contributed by atoms with Crippen LogP contribution < -0.4 is 0 Å². The predicted octanol–water partition coefficient (Wildman–Crippen LogP) is 3.95. The molecule has 0 bridgehead atoms. The van der Waals surface area contributed by atoms with Crippen molar-refractivity contribution in [2.75, 3.05) is 0 Å². The summed E-state index contributed by atoms with van der Waals surface area (Å²) in [6.07, 6.45) is 7.98. The summed E-state index contributed by atoms with van der Waals surface area (Å²) in [5.74, 6) is 0.239. The van der Waals surface area contributed by atoms with Gasteiger partial charge in [-0.2, -0.15) is 0 Å². The highest BCUT2D eigenvalue weighted by Gasteiger charge is 2.27. The number of hydrogen-bond acceptors (Lipinski definition) is 3. The van der Waals surface area contributed by atoms with Crippen LogP contribution in [0.3, 0.4) is 0 Å². The van der Waals surface area contributed by atoms with E-state index in [2.05, 4.69) is 28.6 Å². The Labute approximate surface area is 124 Å². The maximum absolute atomic E-state index is 10.5. The molecule has 2 aromatic rings. The highest BCUT2D eigenvalue weighted by atomic mass is 32.1. The summed E-state index contributed by atoms with van der Waals surface area (Å²) in [6, 6.07) is 8.43. The molecule has 2 unspecified atom stereocenters. The summed E-state index contributed by atoms with van der Waals surface area (Å²) >= 11 is 1.80. The van der Waals surface area contributed by atoms with Crippen LogP contribution in [0.1, 0.15) is 47.7 Å². The number of pyridine rings is 1. The number of aromatic nitrogens is 1. The van der Waals surface area contributed by atoms with Gasteiger partial charge in [0.1, 0.15) is 0 Å². The van der Waals surface area contributed by atoms with Crippen LogP contribution in [0.15, 0.2) is 35.8 Å². The minimum atomic E-state index is -0.246. The van der Waals surface area contributed by atoms with Crippen LogP contribution in [0.2, 0.25) is 0 Å². The smallest absolute Gasteiger partial charge is 0.0624 e. The molecule has 0 radical (unpaired) electrons. The van der Waals surface area contributed by atoms with Gasteiger partial charge in [-0.25, -0.2) is 0 Å². The van der Waals surface area contributed by atoms with Crippen LogP contribution in [0, 0.1) is 0 Å². The van der Waals surface area contributed by atoms with Gasteiger partial charge in [0.05, 0.1) is 6.10 Å². The largest absolute Gasteiger partial charge is 0.392 e. The summed E-state index contributed by atoms with van der Waals surface area (Å²) in [4.78, 5) is 5.94. The fraction of sp³-hybridized carbons (Fsp3) is 0.471. The average molecular weight is 287 g/mol. The van der Waals surface area contributed by atoms with Gasteiger partial charge >= 0.3 is 0 Å². The summed E-state index contributed by atoms with van der Waals surface area (Å²) in [5, 5.41) is 12.6. The van der Waals surface area contributed by atoms with E-state index in [4.69, 9.17) is 0 Å². The number of thiophene rings is 1. The van der Waals surface area contributed by atoms with Crippen molar-refractivity contribution in [2.45, 2.75) is 50.5 Å². The van der Waals surface area contributed by atoms with Gasteiger partial charge in [0, 0.05) is 22.7 Å². The molecule has 3 rings (SSSR count). The molecule has 20 heavy (non-hydrogen) atoms. The number of hydrogen-bond donors (Lipinski definition) is 1. The first-order valence-electron chi connectivity index (χ1n) is 7.49. The molecule has 0 fully saturated rings. The number of rotatable bonds is 5. The second-order valence-corrected chi connectivity index (χ2v) is 6.62. The normalized spacial score (nSPS) is 19.6. The van der Waals surface area contributed by atoms with Crippen molar-refractivity contribution in [3.05, 3.63) is 52.0 Å². The fourth-order valence-corrected chi connectivity index (χ4v) is 3.91. The van der Waals surface area contributed by atoms with Crippen LogP contribution in [0.5, 0.6) is 0 Å². The molecular weight excluding hydrogens is 266 g/mol. The molecule has 3 heteroatoms. The molecule has 0 saturated carbocycles. The number of aryl methyl sites for hydroxylation is 2. The van der Waals surface area contributed by atoms with Gasteiger partial charge in [-0.1, -0.05) is 12.1 Å². The van der Waals surface area contributed by atoms with Gasteiger partial charge in [0.2, 0.25) is 0 Å². The number of fused-ring (bicyclic) bond motifs is 1. The monoisotopic (exact) mass is 287 g/mol. The Hall–Kier alpha value is -1.19. The Morgan fingerprint density at radius 1 is 1.35 bits per heavy atom. The third-order valence-electron chi connectivity index (χ3n) is 4.21. The molecule has 1 N–H and O–H groups in total. The molecule has 2 nitrogen and oxygen atoms in total. The highest BCUT2D eigenvalue weighted by molar-refractivity contribution is 7.09. The maximum atomic E-state index is 10.5. The second-order valence-electron chi connectivity index (χ2n) is 5.59. The summed E-state index contributed by atoms with van der Waals surface area (Å²) in [5.41, 5.74) is 2.48. The zero-order valence-corrected chi connectivity index (χ0v) is 12.5. The van der Waals surface area contributed by atoms with Crippen molar-refractivity contribution < 1.29 is 5.11 Å². The van der Waals surface area contributed by atoms with E-state index in [0.29, 0.717) is 0 Å². The lowest BCUT2D eigenvalue weighted by atomic mass is 9.82. The van der Waals surface area contributed by atoms with Gasteiger partial charge in [-0.15, -0.1) is 11.3 Å². The summed E-state index contributed by atoms with van der Waals surface area (Å²) in [7, 11) is 0. The fourth-order valence-electron chi connectivity index (χ4n) is 3.16. The molecule has 0 spiro atoms. The highest BCUT2D eigenvalue weighted by Crippen LogP contribution is 2.34. The first-order chi connectivity index (χ1) is 9.84. The van der Waals surface area contributed by atoms with Crippen molar-refractivity contribution in [1.29, 1.82) is 0 Å². The Kier molecular flexibility index (Phi) is 4.48. The molecule has 2 aromatic heterocycles. The molecule has 1 aliphatic rings. The molecule has 0 aromatic carbocycles. The minimum Gasteiger partial charge on any atom is -0.392 e. The zero-order valence-electron chi connectivity index (χ0n) is 11.7. The van der Waals surface area contributed by atoms with Gasteiger partial charge < -0.3 is 5.11 Å². The van der Waals surface area contributed by atoms with Gasteiger partial charge in [-0.3, -0.25) is 4.98 Å². The quantitative estimate of drug-likeness (QED) is 0.903. The Balaban J connectivity index is 1.59. The zero-order chi connectivity index (χ0) is 13.8. The van der Waals surface area contributed by atoms with Crippen LogP contribution in [0.25, 0.3) is 0 Å². The summed E-state index contributed by atoms with van der Waals surface area (Å²) in [6.45, 7) is 0. The topological polar surface area (TPSA) is 33.1 Å². The van der Waals surface area contributed by atoms with Gasteiger partial charge in [0.25, 0.3) is 0 Å². The predicted molar refractivity (Wildman–Crippen MR) is 83.2 cm³/mol. The van der Waals surface area contributed by atoms with Gasteiger partial charge in [0.15, 0.2) is 0 Å². The lowest BCUT2D eigenvalue weighted by Gasteiger charge is -2.28. The summed E-state index contributed by atoms with van der Waals surface area (Å²) < 4.78 is 0. The maximum Gasteiger partial charge on any atom is 0.0624 e. The van der Waals surface area contributed by atoms with E-state index in [-0.39, 0.29) is 12.0 Å². The molecule has 0 saturated heterocycles. The molecule has 2 atom stereocenters. The number of aliphatic hydroxyl groups is 1. The van der Waals surface area contributed by atoms with E-state index in [0.717, 1.165) is 37.8 Å². The molecule has 0 aliphatic heterocycles. The third-order valence-corrected chi connectivity index (χ3v) is 5.14. The van der Waals surface area contributed by atoms with E-state index >= 15 is 0 Å². The van der Waals surface area contributed by atoms with Crippen molar-refractivity contribution in [2.24, 2.45) is 0 Å². The molecule has 2 heterocycles. The van der Waals surface area contributed by atoms with E-state index in [1.807, 2.05) is 12.3 Å². The lowest BCUT2D eigenvalue weighted by Crippen LogP contribution is -2.24. The second kappa shape index (κ2) is 6.51. The van der Waals surface area contributed by atoms with Crippen LogP contribution in [-0.2, 0) is 12.8 Å². The molecule has 0 amide bonds. The SMILES string of the molecule is OC(CCCc1cccs1)C1CCCc2cccnc21. The molecule has 106 valence electrons. The molecular formula is C17H21NOS. The first-order valence-corrected chi connectivity index (χ1v) is 8.37. The molecule has 1 aliphatic carbocycles. The van der Waals surface area contributed by atoms with Crippen molar-refractivity contribution in [1.82, 2.24) is 4.98 Å². The Morgan fingerprint density at radius 2 is 2.30 bits per heavy atom. The van der Waals surface area contributed by atoms with E-state index < -0.39 is 0 Å². The standard InChI is InChI=1S/C17H21NOS/c19-16(10-2-7-14-8-4-12-20-14)15-9-1-5-13-6-3-11-18-17(13)15/h3-4,6,8,11-12,15-16,19H,1-2,5,7,9-10H2.